The van der Waals surface area contributed by atoms with Crippen LogP contribution in [0.15, 0.2) is 0 Å². The van der Waals surface area contributed by atoms with Crippen molar-refractivity contribution in [3.8, 4) is 0 Å². The summed E-state index contributed by atoms with van der Waals surface area (Å²) in [4.78, 5) is 1.98. The lowest BCUT2D eigenvalue weighted by molar-refractivity contribution is 0.135. The predicted octanol–water partition coefficient (Wildman–Crippen LogP) is 1.78. The van der Waals surface area contributed by atoms with Gasteiger partial charge in [0.1, 0.15) is 0 Å². The fourth-order valence-electron chi connectivity index (χ4n) is 2.18. The molecule has 0 saturated carbocycles. The van der Waals surface area contributed by atoms with Crippen LogP contribution in [0.3, 0.4) is 0 Å². The monoisotopic (exact) mass is 183 g/mol. The van der Waals surface area contributed by atoms with Crippen LogP contribution in [0.4, 0.5) is 0 Å². The van der Waals surface area contributed by atoms with Gasteiger partial charge in [0.05, 0.1) is 0 Å². The smallest absolute Gasteiger partial charge is 0.188 e. The second-order valence-electron chi connectivity index (χ2n) is 4.08. The van der Waals surface area contributed by atoms with E-state index in [1.54, 1.807) is 0 Å². The normalized spacial score (nSPS) is 21.5. The molecule has 76 valence electrons. The second kappa shape index (κ2) is 3.99. The number of hydrogen-bond donors (Lipinski definition) is 2. The third kappa shape index (κ3) is 2.14. The molecule has 0 aromatic carbocycles. The maximum Gasteiger partial charge on any atom is 0.188 e. The summed E-state index contributed by atoms with van der Waals surface area (Å²) in [5, 5.41) is 7.34. The zero-order valence-electron chi connectivity index (χ0n) is 8.77. The van der Waals surface area contributed by atoms with Crippen LogP contribution in [-0.2, 0) is 0 Å². The SMILES string of the molecule is CCC1(CC)CCN(C(=N)N)CC1. The molecule has 1 aliphatic heterocycles. The first-order valence-corrected chi connectivity index (χ1v) is 5.22. The number of nitrogens with zero attached hydrogens (tertiary/aromatic N) is 1. The molecule has 3 N–H and O–H groups in total. The zero-order valence-corrected chi connectivity index (χ0v) is 8.77. The highest BCUT2D eigenvalue weighted by molar-refractivity contribution is 5.74. The maximum absolute atomic E-state index is 7.34. The number of guanidine groups is 1. The van der Waals surface area contributed by atoms with Crippen LogP contribution < -0.4 is 5.73 Å². The summed E-state index contributed by atoms with van der Waals surface area (Å²) in [7, 11) is 0. The molecule has 1 saturated heterocycles. The van der Waals surface area contributed by atoms with Crippen molar-refractivity contribution in [3.05, 3.63) is 0 Å². The van der Waals surface area contributed by atoms with Crippen LogP contribution in [-0.4, -0.2) is 23.9 Å². The van der Waals surface area contributed by atoms with Crippen molar-refractivity contribution in [2.45, 2.75) is 39.5 Å². The molecular weight excluding hydrogens is 162 g/mol. The van der Waals surface area contributed by atoms with E-state index in [1.807, 2.05) is 4.90 Å². The van der Waals surface area contributed by atoms with Gasteiger partial charge in [-0.05, 0) is 18.3 Å². The van der Waals surface area contributed by atoms with Gasteiger partial charge in [0.15, 0.2) is 5.96 Å². The molecule has 0 unspecified atom stereocenters. The van der Waals surface area contributed by atoms with E-state index in [2.05, 4.69) is 13.8 Å². The van der Waals surface area contributed by atoms with E-state index in [4.69, 9.17) is 11.1 Å². The molecule has 3 nitrogen and oxygen atoms in total. The minimum Gasteiger partial charge on any atom is -0.370 e. The van der Waals surface area contributed by atoms with Gasteiger partial charge in [0.2, 0.25) is 0 Å². The summed E-state index contributed by atoms with van der Waals surface area (Å²) in [5.74, 6) is 0.237. The van der Waals surface area contributed by atoms with Crippen LogP contribution >= 0.6 is 0 Å². The quantitative estimate of drug-likeness (QED) is 0.506. The van der Waals surface area contributed by atoms with Crippen molar-refractivity contribution in [3.63, 3.8) is 0 Å². The minimum absolute atomic E-state index is 0.237. The third-order valence-corrected chi connectivity index (χ3v) is 3.66. The van der Waals surface area contributed by atoms with Gasteiger partial charge in [0.25, 0.3) is 0 Å². The Hall–Kier alpha value is -0.730. The Morgan fingerprint density at radius 2 is 1.77 bits per heavy atom. The predicted molar refractivity (Wildman–Crippen MR) is 55.7 cm³/mol. The van der Waals surface area contributed by atoms with Crippen LogP contribution in [0.2, 0.25) is 0 Å². The van der Waals surface area contributed by atoms with Gasteiger partial charge in [-0.1, -0.05) is 26.7 Å². The average Bonchev–Trinajstić information content (AvgIpc) is 2.18. The van der Waals surface area contributed by atoms with E-state index in [0.29, 0.717) is 5.41 Å². The molecule has 3 heteroatoms. The Bertz CT molecular complexity index is 175. The van der Waals surface area contributed by atoms with Gasteiger partial charge in [-0.15, -0.1) is 0 Å². The molecule has 0 aromatic heterocycles. The van der Waals surface area contributed by atoms with Crippen molar-refractivity contribution in [2.75, 3.05) is 13.1 Å². The van der Waals surface area contributed by atoms with Gasteiger partial charge in [-0.2, -0.15) is 0 Å². The van der Waals surface area contributed by atoms with Crippen LogP contribution in [0.25, 0.3) is 0 Å². The van der Waals surface area contributed by atoms with Gasteiger partial charge in [0, 0.05) is 13.1 Å². The summed E-state index contributed by atoms with van der Waals surface area (Å²) < 4.78 is 0. The molecule has 0 amide bonds. The molecule has 1 rings (SSSR count). The van der Waals surface area contributed by atoms with Gasteiger partial charge < -0.3 is 10.6 Å². The largest absolute Gasteiger partial charge is 0.370 e. The Morgan fingerprint density at radius 1 is 1.31 bits per heavy atom. The van der Waals surface area contributed by atoms with Crippen molar-refractivity contribution in [2.24, 2.45) is 11.1 Å². The molecule has 0 aliphatic carbocycles. The number of hydrogen-bond acceptors (Lipinski definition) is 1. The van der Waals surface area contributed by atoms with E-state index in [1.165, 1.54) is 25.7 Å². The summed E-state index contributed by atoms with van der Waals surface area (Å²) in [5.41, 5.74) is 5.98. The first-order chi connectivity index (χ1) is 6.13. The highest BCUT2D eigenvalue weighted by Gasteiger charge is 2.31. The number of piperidine rings is 1. The number of nitrogens with two attached hydrogens (primary N) is 1. The molecule has 1 heterocycles. The molecular formula is C10H21N3. The van der Waals surface area contributed by atoms with E-state index in [9.17, 15) is 0 Å². The lowest BCUT2D eigenvalue weighted by Gasteiger charge is -2.41. The molecule has 0 aromatic rings. The van der Waals surface area contributed by atoms with E-state index < -0.39 is 0 Å². The number of likely N-dealkylation sites (tertiary alicyclic amines) is 1. The highest BCUT2D eigenvalue weighted by Crippen LogP contribution is 2.37. The van der Waals surface area contributed by atoms with Crippen molar-refractivity contribution in [1.82, 2.24) is 4.90 Å². The average molecular weight is 183 g/mol. The Morgan fingerprint density at radius 3 is 2.08 bits per heavy atom. The van der Waals surface area contributed by atoms with Gasteiger partial charge >= 0.3 is 0 Å². The highest BCUT2D eigenvalue weighted by atomic mass is 15.2. The molecule has 0 bridgehead atoms. The minimum atomic E-state index is 0.237. The second-order valence-corrected chi connectivity index (χ2v) is 4.08. The van der Waals surface area contributed by atoms with Crippen molar-refractivity contribution >= 4 is 5.96 Å². The molecule has 1 aliphatic rings. The summed E-state index contributed by atoms with van der Waals surface area (Å²) in [6.07, 6.45) is 4.91. The topological polar surface area (TPSA) is 53.1 Å². The zero-order chi connectivity index (χ0) is 9.90. The van der Waals surface area contributed by atoms with Gasteiger partial charge in [-0.3, -0.25) is 5.41 Å². The Kier molecular flexibility index (Phi) is 3.17. The molecule has 0 radical (unpaired) electrons. The van der Waals surface area contributed by atoms with E-state index >= 15 is 0 Å². The Labute approximate surface area is 80.8 Å². The van der Waals surface area contributed by atoms with Crippen LogP contribution in [0, 0.1) is 10.8 Å². The molecule has 0 atom stereocenters. The standard InChI is InChI=1S/C10H21N3/c1-3-10(4-2)5-7-13(8-6-10)9(11)12/h3-8H2,1-2H3,(H3,11,12). The van der Waals surface area contributed by atoms with Crippen LogP contribution in [0.1, 0.15) is 39.5 Å². The van der Waals surface area contributed by atoms with E-state index in [0.717, 1.165) is 13.1 Å². The number of nitrogens with one attached hydrogen (secondary N) is 1. The fourth-order valence-corrected chi connectivity index (χ4v) is 2.18. The summed E-state index contributed by atoms with van der Waals surface area (Å²) in [6, 6.07) is 0. The maximum atomic E-state index is 7.34. The summed E-state index contributed by atoms with van der Waals surface area (Å²) >= 11 is 0. The third-order valence-electron chi connectivity index (χ3n) is 3.66. The summed E-state index contributed by atoms with van der Waals surface area (Å²) in [6.45, 7) is 6.48. The van der Waals surface area contributed by atoms with Crippen molar-refractivity contribution in [1.29, 1.82) is 5.41 Å². The lowest BCUT2D eigenvalue weighted by Crippen LogP contribution is -2.45. The fraction of sp³-hybridized carbons (Fsp3) is 0.900. The molecule has 13 heavy (non-hydrogen) atoms. The first kappa shape index (κ1) is 10.4. The molecule has 0 spiro atoms. The first-order valence-electron chi connectivity index (χ1n) is 5.22. The Balaban J connectivity index is 2.50. The molecule has 1 fully saturated rings. The van der Waals surface area contributed by atoms with Gasteiger partial charge in [-0.25, -0.2) is 0 Å². The van der Waals surface area contributed by atoms with Crippen molar-refractivity contribution < 1.29 is 0 Å². The number of rotatable bonds is 2. The lowest BCUT2D eigenvalue weighted by atomic mass is 9.74. The van der Waals surface area contributed by atoms with Crippen LogP contribution in [0.5, 0.6) is 0 Å². The van der Waals surface area contributed by atoms with E-state index in [-0.39, 0.29) is 5.96 Å².